The molecule has 0 atom stereocenters. The zero-order valence-electron chi connectivity index (χ0n) is 12.1. The van der Waals surface area contributed by atoms with E-state index in [4.69, 9.17) is 5.26 Å². The summed E-state index contributed by atoms with van der Waals surface area (Å²) >= 11 is 0. The number of pyridine rings is 2. The van der Waals surface area contributed by atoms with Gasteiger partial charge in [0.2, 0.25) is 0 Å². The molecule has 5 nitrogen and oxygen atoms in total. The van der Waals surface area contributed by atoms with Crippen LogP contribution in [0.1, 0.15) is 11.3 Å². The molecular weight excluding hydrogens is 281 g/mol. The maximum atomic E-state index is 13.1. The molecule has 1 fully saturated rings. The Bertz CT molecular complexity index is 672. The van der Waals surface area contributed by atoms with Crippen molar-refractivity contribution in [2.75, 3.05) is 31.1 Å². The molecule has 1 saturated heterocycles. The molecule has 22 heavy (non-hydrogen) atoms. The zero-order valence-corrected chi connectivity index (χ0v) is 12.1. The molecular formula is C16H16FN5. The summed E-state index contributed by atoms with van der Waals surface area (Å²) in [5, 5.41) is 8.77. The molecule has 112 valence electrons. The van der Waals surface area contributed by atoms with Gasteiger partial charge in [0.15, 0.2) is 0 Å². The first kappa shape index (κ1) is 14.4. The topological polar surface area (TPSA) is 56.1 Å². The zero-order chi connectivity index (χ0) is 15.4. The van der Waals surface area contributed by atoms with Crippen LogP contribution in [0.4, 0.5) is 10.1 Å². The SMILES string of the molecule is N#Cc1ccc(N2CCN(Cc3cncc(F)c3)CC2)cn1. The van der Waals surface area contributed by atoms with Crippen molar-refractivity contribution in [1.29, 1.82) is 5.26 Å². The lowest BCUT2D eigenvalue weighted by atomic mass is 10.2. The molecule has 0 saturated carbocycles. The van der Waals surface area contributed by atoms with E-state index in [1.54, 1.807) is 18.5 Å². The number of hydrogen-bond acceptors (Lipinski definition) is 5. The molecule has 2 aromatic heterocycles. The average molecular weight is 297 g/mol. The van der Waals surface area contributed by atoms with Gasteiger partial charge >= 0.3 is 0 Å². The molecule has 1 aliphatic heterocycles. The summed E-state index contributed by atoms with van der Waals surface area (Å²) in [5.74, 6) is -0.292. The normalized spacial score (nSPS) is 15.5. The van der Waals surface area contributed by atoms with Crippen LogP contribution in [0.25, 0.3) is 0 Å². The van der Waals surface area contributed by atoms with E-state index in [1.807, 2.05) is 12.1 Å². The van der Waals surface area contributed by atoms with E-state index in [-0.39, 0.29) is 5.82 Å². The molecule has 6 heteroatoms. The van der Waals surface area contributed by atoms with Gasteiger partial charge in [0.05, 0.1) is 18.1 Å². The Balaban J connectivity index is 1.57. The summed E-state index contributed by atoms with van der Waals surface area (Å²) in [6.45, 7) is 4.28. The highest BCUT2D eigenvalue weighted by molar-refractivity contribution is 5.46. The Hall–Kier alpha value is -2.52. The minimum absolute atomic E-state index is 0.292. The third-order valence-corrected chi connectivity index (χ3v) is 3.77. The van der Waals surface area contributed by atoms with Gasteiger partial charge in [0, 0.05) is 38.9 Å². The molecule has 0 N–H and O–H groups in total. The van der Waals surface area contributed by atoms with Crippen molar-refractivity contribution in [2.24, 2.45) is 0 Å². The molecule has 0 bridgehead atoms. The fourth-order valence-electron chi connectivity index (χ4n) is 2.60. The van der Waals surface area contributed by atoms with Crippen LogP contribution < -0.4 is 4.90 Å². The van der Waals surface area contributed by atoms with Gasteiger partial charge < -0.3 is 4.90 Å². The number of rotatable bonds is 3. The predicted octanol–water partition coefficient (Wildman–Crippen LogP) is 1.81. The Labute approximate surface area is 128 Å². The highest BCUT2D eigenvalue weighted by atomic mass is 19.1. The molecule has 0 amide bonds. The van der Waals surface area contributed by atoms with E-state index < -0.39 is 0 Å². The Kier molecular flexibility index (Phi) is 4.26. The summed E-state index contributed by atoms with van der Waals surface area (Å²) in [6.07, 6.45) is 4.67. The highest BCUT2D eigenvalue weighted by Gasteiger charge is 2.17. The standard InChI is InChI=1S/C16H16FN5/c17-14-7-13(9-19-10-14)12-21-3-5-22(6-4-21)16-2-1-15(8-18)20-11-16/h1-2,7,9-11H,3-6,12H2. The summed E-state index contributed by atoms with van der Waals surface area (Å²) in [7, 11) is 0. The number of nitriles is 1. The largest absolute Gasteiger partial charge is 0.368 e. The number of halogens is 1. The van der Waals surface area contributed by atoms with Gasteiger partial charge in [-0.25, -0.2) is 9.37 Å². The minimum Gasteiger partial charge on any atom is -0.368 e. The quantitative estimate of drug-likeness (QED) is 0.865. The second kappa shape index (κ2) is 6.50. The van der Waals surface area contributed by atoms with E-state index in [2.05, 4.69) is 19.8 Å². The van der Waals surface area contributed by atoms with E-state index >= 15 is 0 Å². The number of piperazine rings is 1. The molecule has 1 aliphatic rings. The Morgan fingerprint density at radius 1 is 1.14 bits per heavy atom. The monoisotopic (exact) mass is 297 g/mol. The highest BCUT2D eigenvalue weighted by Crippen LogP contribution is 2.16. The van der Waals surface area contributed by atoms with Gasteiger partial charge in [-0.1, -0.05) is 0 Å². The molecule has 0 spiro atoms. The summed E-state index contributed by atoms with van der Waals surface area (Å²) in [5.41, 5.74) is 2.36. The van der Waals surface area contributed by atoms with Crippen LogP contribution in [-0.2, 0) is 6.54 Å². The van der Waals surface area contributed by atoms with E-state index in [0.717, 1.165) is 37.4 Å². The summed E-state index contributed by atoms with van der Waals surface area (Å²) in [4.78, 5) is 12.5. The van der Waals surface area contributed by atoms with Crippen molar-refractivity contribution in [3.05, 3.63) is 53.9 Å². The third-order valence-electron chi connectivity index (χ3n) is 3.77. The molecule has 0 aromatic carbocycles. The summed E-state index contributed by atoms with van der Waals surface area (Å²) in [6, 6.07) is 7.22. The Morgan fingerprint density at radius 2 is 1.95 bits per heavy atom. The van der Waals surface area contributed by atoms with Gasteiger partial charge in [-0.15, -0.1) is 0 Å². The fourth-order valence-corrected chi connectivity index (χ4v) is 2.60. The third kappa shape index (κ3) is 3.38. The van der Waals surface area contributed by atoms with Gasteiger partial charge in [-0.05, 0) is 23.8 Å². The first-order valence-electron chi connectivity index (χ1n) is 7.17. The second-order valence-corrected chi connectivity index (χ2v) is 5.29. The van der Waals surface area contributed by atoms with Gasteiger partial charge in [-0.2, -0.15) is 5.26 Å². The van der Waals surface area contributed by atoms with Crippen molar-refractivity contribution in [1.82, 2.24) is 14.9 Å². The van der Waals surface area contributed by atoms with Crippen LogP contribution in [-0.4, -0.2) is 41.0 Å². The van der Waals surface area contributed by atoms with Crippen molar-refractivity contribution in [3.63, 3.8) is 0 Å². The van der Waals surface area contributed by atoms with E-state index in [0.29, 0.717) is 12.2 Å². The van der Waals surface area contributed by atoms with E-state index in [9.17, 15) is 4.39 Å². The summed E-state index contributed by atoms with van der Waals surface area (Å²) < 4.78 is 13.1. The smallest absolute Gasteiger partial charge is 0.141 e. The lowest BCUT2D eigenvalue weighted by Gasteiger charge is -2.35. The maximum Gasteiger partial charge on any atom is 0.141 e. The first-order valence-corrected chi connectivity index (χ1v) is 7.17. The van der Waals surface area contributed by atoms with Crippen molar-refractivity contribution >= 4 is 5.69 Å². The van der Waals surface area contributed by atoms with Crippen LogP contribution in [0, 0.1) is 17.1 Å². The van der Waals surface area contributed by atoms with Crippen LogP contribution in [0.15, 0.2) is 36.8 Å². The first-order chi connectivity index (χ1) is 10.7. The molecule has 0 unspecified atom stereocenters. The molecule has 2 aromatic rings. The number of anilines is 1. The average Bonchev–Trinajstić information content (AvgIpc) is 2.56. The lowest BCUT2D eigenvalue weighted by molar-refractivity contribution is 0.249. The number of hydrogen-bond donors (Lipinski definition) is 0. The number of nitrogens with zero attached hydrogens (tertiary/aromatic N) is 5. The molecule has 0 aliphatic carbocycles. The molecule has 0 radical (unpaired) electrons. The van der Waals surface area contributed by atoms with Crippen molar-refractivity contribution < 1.29 is 4.39 Å². The van der Waals surface area contributed by atoms with Crippen LogP contribution >= 0.6 is 0 Å². The number of aromatic nitrogens is 2. The lowest BCUT2D eigenvalue weighted by Crippen LogP contribution is -2.46. The van der Waals surface area contributed by atoms with Gasteiger partial charge in [0.1, 0.15) is 17.6 Å². The predicted molar refractivity (Wildman–Crippen MR) is 80.6 cm³/mol. The van der Waals surface area contributed by atoms with Crippen molar-refractivity contribution in [3.8, 4) is 6.07 Å². The maximum absolute atomic E-state index is 13.1. The second-order valence-electron chi connectivity index (χ2n) is 5.29. The van der Waals surface area contributed by atoms with Gasteiger partial charge in [-0.3, -0.25) is 9.88 Å². The van der Waals surface area contributed by atoms with E-state index in [1.165, 1.54) is 12.3 Å². The van der Waals surface area contributed by atoms with Crippen LogP contribution in [0.5, 0.6) is 0 Å². The van der Waals surface area contributed by atoms with Gasteiger partial charge in [0.25, 0.3) is 0 Å². The molecule has 3 rings (SSSR count). The fraction of sp³-hybridized carbons (Fsp3) is 0.312. The molecule has 3 heterocycles. The minimum atomic E-state index is -0.292. The Morgan fingerprint density at radius 3 is 2.59 bits per heavy atom. The van der Waals surface area contributed by atoms with Crippen LogP contribution in [0.3, 0.4) is 0 Å². The van der Waals surface area contributed by atoms with Crippen LogP contribution in [0.2, 0.25) is 0 Å². The van der Waals surface area contributed by atoms with Crippen molar-refractivity contribution in [2.45, 2.75) is 6.54 Å².